The molecule has 0 aromatic heterocycles. The molecule has 100 valence electrons. The van der Waals surface area contributed by atoms with Crippen LogP contribution in [-0.2, 0) is 11.2 Å². The van der Waals surface area contributed by atoms with E-state index in [9.17, 15) is 5.11 Å². The van der Waals surface area contributed by atoms with Crippen LogP contribution in [0.25, 0.3) is 0 Å². The molecule has 0 saturated carbocycles. The van der Waals surface area contributed by atoms with Gasteiger partial charge in [0, 0.05) is 19.6 Å². The zero-order chi connectivity index (χ0) is 12.8. The molecule has 0 heterocycles. The minimum atomic E-state index is -0.291. The van der Waals surface area contributed by atoms with Crippen LogP contribution in [0, 0.1) is 0 Å². The van der Waals surface area contributed by atoms with E-state index >= 15 is 0 Å². The number of benzene rings is 1. The number of ether oxygens (including phenoxy) is 2. The molecule has 3 heteroatoms. The van der Waals surface area contributed by atoms with Crippen LogP contribution in [0.15, 0.2) is 18.2 Å². The lowest BCUT2D eigenvalue weighted by Gasteiger charge is -2.21. The van der Waals surface area contributed by atoms with Gasteiger partial charge < -0.3 is 14.6 Å². The third-order valence-corrected chi connectivity index (χ3v) is 3.30. The highest BCUT2D eigenvalue weighted by molar-refractivity contribution is 5.38. The van der Waals surface area contributed by atoms with Gasteiger partial charge in [0.25, 0.3) is 0 Å². The highest BCUT2D eigenvalue weighted by atomic mass is 16.5. The lowest BCUT2D eigenvalue weighted by Crippen LogP contribution is -2.09. The highest BCUT2D eigenvalue weighted by Gasteiger charge is 2.17. The number of hydrogen-bond donors (Lipinski definition) is 1. The molecule has 0 radical (unpaired) electrons. The molecule has 2 rings (SSSR count). The molecule has 1 N–H and O–H groups in total. The lowest BCUT2D eigenvalue weighted by atomic mass is 9.89. The van der Waals surface area contributed by atoms with Gasteiger partial charge in [-0.2, -0.15) is 0 Å². The van der Waals surface area contributed by atoms with Crippen molar-refractivity contribution in [1.29, 1.82) is 0 Å². The minimum absolute atomic E-state index is 0.291. The van der Waals surface area contributed by atoms with Crippen LogP contribution in [0.3, 0.4) is 0 Å². The Balaban J connectivity index is 1.87. The fraction of sp³-hybridized carbons (Fsp3) is 0.600. The largest absolute Gasteiger partial charge is 0.493 e. The zero-order valence-corrected chi connectivity index (χ0v) is 11.0. The first kappa shape index (κ1) is 13.4. The van der Waals surface area contributed by atoms with Crippen molar-refractivity contribution >= 4 is 0 Å². The van der Waals surface area contributed by atoms with Crippen molar-refractivity contribution < 1.29 is 14.6 Å². The Morgan fingerprint density at radius 3 is 3.06 bits per heavy atom. The third-order valence-electron chi connectivity index (χ3n) is 3.30. The van der Waals surface area contributed by atoms with E-state index in [1.54, 1.807) is 0 Å². The van der Waals surface area contributed by atoms with Gasteiger partial charge in [-0.25, -0.2) is 0 Å². The third kappa shape index (κ3) is 3.47. The van der Waals surface area contributed by atoms with Gasteiger partial charge in [-0.05, 0) is 49.4 Å². The Kier molecular flexibility index (Phi) is 5.02. The average Bonchev–Trinajstić information content (AvgIpc) is 2.39. The molecule has 1 atom stereocenters. The molecular formula is C15H22O3. The Bertz CT molecular complexity index is 376. The van der Waals surface area contributed by atoms with Gasteiger partial charge in [0.05, 0.1) is 12.7 Å². The fourth-order valence-corrected chi connectivity index (χ4v) is 2.35. The summed E-state index contributed by atoms with van der Waals surface area (Å²) in [5, 5.41) is 9.87. The quantitative estimate of drug-likeness (QED) is 0.789. The summed E-state index contributed by atoms with van der Waals surface area (Å²) in [5.41, 5.74) is 2.30. The van der Waals surface area contributed by atoms with Crippen molar-refractivity contribution in [1.82, 2.24) is 0 Å². The van der Waals surface area contributed by atoms with Crippen molar-refractivity contribution in [2.45, 2.75) is 38.7 Å². The van der Waals surface area contributed by atoms with Gasteiger partial charge in [-0.3, -0.25) is 0 Å². The molecule has 3 nitrogen and oxygen atoms in total. The van der Waals surface area contributed by atoms with Gasteiger partial charge in [-0.15, -0.1) is 0 Å². The second kappa shape index (κ2) is 6.76. The number of aliphatic hydroxyl groups excluding tert-OH is 1. The van der Waals surface area contributed by atoms with Crippen molar-refractivity contribution in [2.24, 2.45) is 0 Å². The normalized spacial score (nSPS) is 18.4. The Labute approximate surface area is 109 Å². The molecule has 1 aliphatic rings. The first-order chi connectivity index (χ1) is 8.81. The van der Waals surface area contributed by atoms with Crippen LogP contribution in [0.5, 0.6) is 5.75 Å². The predicted octanol–water partition coefficient (Wildman–Crippen LogP) is 2.86. The highest BCUT2D eigenvalue weighted by Crippen LogP contribution is 2.31. The predicted molar refractivity (Wildman–Crippen MR) is 70.9 cm³/mol. The molecule has 0 spiro atoms. The average molecular weight is 250 g/mol. The van der Waals surface area contributed by atoms with E-state index in [1.807, 2.05) is 19.1 Å². The molecule has 1 aromatic carbocycles. The summed E-state index contributed by atoms with van der Waals surface area (Å²) in [6, 6.07) is 6.02. The van der Waals surface area contributed by atoms with Crippen molar-refractivity contribution in [3.05, 3.63) is 29.3 Å². The topological polar surface area (TPSA) is 38.7 Å². The number of aryl methyl sites for hydroxylation is 1. The monoisotopic (exact) mass is 250 g/mol. The molecule has 18 heavy (non-hydrogen) atoms. The van der Waals surface area contributed by atoms with Crippen LogP contribution >= 0.6 is 0 Å². The molecule has 0 aliphatic heterocycles. The van der Waals surface area contributed by atoms with Gasteiger partial charge in [0.15, 0.2) is 0 Å². The number of aliphatic hydroxyl groups is 1. The zero-order valence-electron chi connectivity index (χ0n) is 11.0. The molecular weight excluding hydrogens is 228 g/mol. The number of rotatable bonds is 6. The van der Waals surface area contributed by atoms with E-state index in [0.717, 1.165) is 50.2 Å². The van der Waals surface area contributed by atoms with Gasteiger partial charge in [0.1, 0.15) is 5.75 Å². The van der Waals surface area contributed by atoms with E-state index in [0.29, 0.717) is 6.61 Å². The molecule has 0 amide bonds. The maximum atomic E-state index is 9.87. The van der Waals surface area contributed by atoms with Crippen LogP contribution < -0.4 is 4.74 Å². The van der Waals surface area contributed by atoms with Gasteiger partial charge >= 0.3 is 0 Å². The maximum absolute atomic E-state index is 9.87. The van der Waals surface area contributed by atoms with Crippen molar-refractivity contribution in [3.63, 3.8) is 0 Å². The van der Waals surface area contributed by atoms with E-state index in [2.05, 4.69) is 6.07 Å². The summed E-state index contributed by atoms with van der Waals surface area (Å²) in [6.07, 6.45) is 3.60. The van der Waals surface area contributed by atoms with Crippen molar-refractivity contribution in [2.75, 3.05) is 19.8 Å². The van der Waals surface area contributed by atoms with Gasteiger partial charge in [-0.1, -0.05) is 6.07 Å². The Hall–Kier alpha value is -1.06. The molecule has 1 aromatic rings. The number of fused-ring (bicyclic) bond motifs is 1. The summed E-state index contributed by atoms with van der Waals surface area (Å²) < 4.78 is 11.0. The maximum Gasteiger partial charge on any atom is 0.119 e. The summed E-state index contributed by atoms with van der Waals surface area (Å²) in [7, 11) is 0. The standard InChI is InChI=1S/C15H22O3/c1-2-17-9-4-10-18-13-7-8-14-12(11-13)5-3-6-15(14)16/h7-8,11,15-16H,2-6,9-10H2,1H3. The summed E-state index contributed by atoms with van der Waals surface area (Å²) in [4.78, 5) is 0. The van der Waals surface area contributed by atoms with Crippen LogP contribution in [0.2, 0.25) is 0 Å². The second-order valence-electron chi connectivity index (χ2n) is 4.67. The summed E-state index contributed by atoms with van der Waals surface area (Å²) >= 11 is 0. The molecule has 1 unspecified atom stereocenters. The second-order valence-corrected chi connectivity index (χ2v) is 4.67. The molecule has 0 bridgehead atoms. The van der Waals surface area contributed by atoms with Crippen LogP contribution in [0.4, 0.5) is 0 Å². The van der Waals surface area contributed by atoms with E-state index < -0.39 is 0 Å². The van der Waals surface area contributed by atoms with Crippen LogP contribution in [0.1, 0.15) is 43.4 Å². The Morgan fingerprint density at radius 2 is 2.22 bits per heavy atom. The number of hydrogen-bond acceptors (Lipinski definition) is 3. The smallest absolute Gasteiger partial charge is 0.119 e. The summed E-state index contributed by atoms with van der Waals surface area (Å²) in [6.45, 7) is 4.19. The fourth-order valence-electron chi connectivity index (χ4n) is 2.35. The van der Waals surface area contributed by atoms with E-state index in [4.69, 9.17) is 9.47 Å². The van der Waals surface area contributed by atoms with Crippen LogP contribution in [-0.4, -0.2) is 24.9 Å². The van der Waals surface area contributed by atoms with E-state index in [-0.39, 0.29) is 6.10 Å². The Morgan fingerprint density at radius 1 is 1.33 bits per heavy atom. The van der Waals surface area contributed by atoms with Crippen molar-refractivity contribution in [3.8, 4) is 5.75 Å². The first-order valence-corrected chi connectivity index (χ1v) is 6.82. The minimum Gasteiger partial charge on any atom is -0.493 e. The van der Waals surface area contributed by atoms with E-state index in [1.165, 1.54) is 5.56 Å². The molecule has 0 saturated heterocycles. The first-order valence-electron chi connectivity index (χ1n) is 6.82. The molecule has 0 fully saturated rings. The van der Waals surface area contributed by atoms with Gasteiger partial charge in [0.2, 0.25) is 0 Å². The molecule has 1 aliphatic carbocycles. The SMILES string of the molecule is CCOCCCOc1ccc2c(c1)CCCC2O. The summed E-state index contributed by atoms with van der Waals surface area (Å²) in [5.74, 6) is 0.902. The lowest BCUT2D eigenvalue weighted by molar-refractivity contribution is 0.130.